The molecule has 0 fully saturated rings. The molecule has 33 heavy (non-hydrogen) atoms. The van der Waals surface area contributed by atoms with Crippen LogP contribution >= 0.6 is 11.6 Å². The smallest absolute Gasteiger partial charge is 0.322 e. The Morgan fingerprint density at radius 2 is 1.48 bits per heavy atom. The molecular weight excluding hydrogens is 481 g/mol. The predicted octanol–water partition coefficient (Wildman–Crippen LogP) is 5.27. The summed E-state index contributed by atoms with van der Waals surface area (Å²) in [5, 5.41) is 5.14. The lowest BCUT2D eigenvalue weighted by atomic mass is 10.1. The highest BCUT2D eigenvalue weighted by molar-refractivity contribution is 7.90. The minimum absolute atomic E-state index is 0.0115. The fourth-order valence-electron chi connectivity index (χ4n) is 2.77. The Morgan fingerprint density at radius 1 is 0.848 bits per heavy atom. The zero-order chi connectivity index (χ0) is 24.4. The standard InChI is InChI=1S/C22H16ClF3N2O4S/c1-33(31,32)17-4-2-3-14(11-17)21(30)28-19-10-9-16(12-18(19)23)27-20(29)13-5-7-15(8-6-13)22(24,25)26/h2-12H,1H3,(H,27,29)(H,28,30). The van der Waals surface area contributed by atoms with E-state index in [-0.39, 0.29) is 32.4 Å². The molecule has 0 aliphatic heterocycles. The first-order valence-corrected chi connectivity index (χ1v) is 11.5. The maximum Gasteiger partial charge on any atom is 0.416 e. The maximum absolute atomic E-state index is 12.6. The van der Waals surface area contributed by atoms with Gasteiger partial charge >= 0.3 is 6.18 Å². The second-order valence-electron chi connectivity index (χ2n) is 6.98. The molecule has 0 unspecified atom stereocenters. The Kier molecular flexibility index (Phi) is 6.80. The van der Waals surface area contributed by atoms with Crippen molar-refractivity contribution in [2.75, 3.05) is 16.9 Å². The van der Waals surface area contributed by atoms with Crippen LogP contribution in [0.5, 0.6) is 0 Å². The predicted molar refractivity (Wildman–Crippen MR) is 118 cm³/mol. The molecule has 0 bridgehead atoms. The van der Waals surface area contributed by atoms with E-state index in [1.165, 1.54) is 42.5 Å². The highest BCUT2D eigenvalue weighted by Gasteiger charge is 2.30. The van der Waals surface area contributed by atoms with E-state index in [9.17, 15) is 31.2 Å². The van der Waals surface area contributed by atoms with E-state index in [0.29, 0.717) is 0 Å². The van der Waals surface area contributed by atoms with Gasteiger partial charge in [-0.05, 0) is 60.7 Å². The van der Waals surface area contributed by atoms with Gasteiger partial charge in [0.15, 0.2) is 9.84 Å². The van der Waals surface area contributed by atoms with E-state index in [0.717, 1.165) is 30.5 Å². The molecule has 172 valence electrons. The Labute approximate surface area is 192 Å². The lowest BCUT2D eigenvalue weighted by Gasteiger charge is -2.11. The number of hydrogen-bond donors (Lipinski definition) is 2. The molecule has 0 aromatic heterocycles. The van der Waals surface area contributed by atoms with Crippen LogP contribution in [0.3, 0.4) is 0 Å². The fourth-order valence-corrected chi connectivity index (χ4v) is 3.67. The molecule has 6 nitrogen and oxygen atoms in total. The van der Waals surface area contributed by atoms with Crippen molar-refractivity contribution < 1.29 is 31.2 Å². The normalized spacial score (nSPS) is 11.7. The summed E-state index contributed by atoms with van der Waals surface area (Å²) in [6.07, 6.45) is -3.48. The number of hydrogen-bond acceptors (Lipinski definition) is 4. The number of anilines is 2. The van der Waals surface area contributed by atoms with Crippen molar-refractivity contribution in [1.29, 1.82) is 0 Å². The van der Waals surface area contributed by atoms with Crippen molar-refractivity contribution in [2.45, 2.75) is 11.1 Å². The minimum atomic E-state index is -4.51. The third kappa shape index (κ3) is 6.11. The van der Waals surface area contributed by atoms with Gasteiger partial charge in [-0.1, -0.05) is 17.7 Å². The van der Waals surface area contributed by atoms with Crippen LogP contribution in [-0.4, -0.2) is 26.5 Å². The van der Waals surface area contributed by atoms with Gasteiger partial charge in [-0.25, -0.2) is 8.42 Å². The van der Waals surface area contributed by atoms with Crippen LogP contribution in [0.25, 0.3) is 0 Å². The van der Waals surface area contributed by atoms with Crippen LogP contribution in [0.1, 0.15) is 26.3 Å². The molecule has 0 saturated carbocycles. The Hall–Kier alpha value is -3.37. The van der Waals surface area contributed by atoms with Gasteiger partial charge < -0.3 is 10.6 Å². The second kappa shape index (κ2) is 9.24. The van der Waals surface area contributed by atoms with Crippen LogP contribution in [-0.2, 0) is 16.0 Å². The average Bonchev–Trinajstić information content (AvgIpc) is 2.74. The molecule has 0 spiro atoms. The van der Waals surface area contributed by atoms with Gasteiger partial charge in [0.2, 0.25) is 0 Å². The minimum Gasteiger partial charge on any atom is -0.322 e. The Bertz CT molecular complexity index is 1320. The third-order valence-electron chi connectivity index (χ3n) is 4.47. The molecule has 0 radical (unpaired) electrons. The largest absolute Gasteiger partial charge is 0.416 e. The van der Waals surface area contributed by atoms with Crippen LogP contribution in [0.15, 0.2) is 71.6 Å². The van der Waals surface area contributed by atoms with E-state index in [2.05, 4.69) is 10.6 Å². The molecule has 11 heteroatoms. The number of nitrogens with one attached hydrogen (secondary N) is 2. The molecule has 0 saturated heterocycles. The van der Waals surface area contributed by atoms with E-state index in [1.54, 1.807) is 0 Å². The van der Waals surface area contributed by atoms with Gasteiger partial charge in [0, 0.05) is 23.1 Å². The van der Waals surface area contributed by atoms with Crippen molar-refractivity contribution in [2.24, 2.45) is 0 Å². The number of carbonyl (C=O) groups is 2. The molecule has 3 aromatic carbocycles. The first-order valence-electron chi connectivity index (χ1n) is 9.24. The number of halogens is 4. The van der Waals surface area contributed by atoms with Gasteiger partial charge in [-0.3, -0.25) is 9.59 Å². The molecule has 0 heterocycles. The van der Waals surface area contributed by atoms with Crippen LogP contribution in [0, 0.1) is 0 Å². The highest BCUT2D eigenvalue weighted by Crippen LogP contribution is 2.30. The lowest BCUT2D eigenvalue weighted by molar-refractivity contribution is -0.137. The van der Waals surface area contributed by atoms with Gasteiger partial charge in [0.1, 0.15) is 0 Å². The summed E-state index contributed by atoms with van der Waals surface area (Å²) >= 11 is 6.18. The highest BCUT2D eigenvalue weighted by atomic mass is 35.5. The zero-order valence-electron chi connectivity index (χ0n) is 16.9. The van der Waals surface area contributed by atoms with Crippen molar-refractivity contribution in [3.63, 3.8) is 0 Å². The SMILES string of the molecule is CS(=O)(=O)c1cccc(C(=O)Nc2ccc(NC(=O)c3ccc(C(F)(F)F)cc3)cc2Cl)c1. The molecule has 2 amide bonds. The van der Waals surface area contributed by atoms with Crippen LogP contribution in [0.2, 0.25) is 5.02 Å². The maximum atomic E-state index is 12.6. The van der Waals surface area contributed by atoms with Crippen molar-refractivity contribution in [3.05, 3.63) is 88.4 Å². The molecule has 0 aliphatic carbocycles. The van der Waals surface area contributed by atoms with E-state index >= 15 is 0 Å². The van der Waals surface area contributed by atoms with E-state index < -0.39 is 33.4 Å². The summed E-state index contributed by atoms with van der Waals surface area (Å²) < 4.78 is 61.3. The van der Waals surface area contributed by atoms with E-state index in [1.807, 2.05) is 0 Å². The topological polar surface area (TPSA) is 92.3 Å². The van der Waals surface area contributed by atoms with Crippen molar-refractivity contribution >= 4 is 44.6 Å². The molecule has 0 atom stereocenters. The number of sulfone groups is 1. The fraction of sp³-hybridized carbons (Fsp3) is 0.0909. The molecule has 3 aromatic rings. The van der Waals surface area contributed by atoms with Gasteiger partial charge in [0.05, 0.1) is 21.2 Å². The Morgan fingerprint density at radius 3 is 2.06 bits per heavy atom. The van der Waals surface area contributed by atoms with E-state index in [4.69, 9.17) is 11.6 Å². The third-order valence-corrected chi connectivity index (χ3v) is 5.90. The molecule has 0 aliphatic rings. The van der Waals surface area contributed by atoms with Crippen molar-refractivity contribution in [1.82, 2.24) is 0 Å². The average molecular weight is 497 g/mol. The summed E-state index contributed by atoms with van der Waals surface area (Å²) in [5.41, 5.74) is -0.291. The first kappa shape index (κ1) is 24.3. The number of benzene rings is 3. The van der Waals surface area contributed by atoms with Crippen LogP contribution in [0.4, 0.5) is 24.5 Å². The molecule has 3 rings (SSSR count). The number of carbonyl (C=O) groups excluding carboxylic acids is 2. The van der Waals surface area contributed by atoms with Crippen molar-refractivity contribution in [3.8, 4) is 0 Å². The summed E-state index contributed by atoms with van der Waals surface area (Å²) in [6, 6.07) is 13.4. The van der Waals surface area contributed by atoms with Gasteiger partial charge in [0.25, 0.3) is 11.8 Å². The summed E-state index contributed by atoms with van der Waals surface area (Å²) in [7, 11) is -3.49. The van der Waals surface area contributed by atoms with Crippen LogP contribution < -0.4 is 10.6 Å². The number of alkyl halides is 3. The first-order chi connectivity index (χ1) is 15.3. The van der Waals surface area contributed by atoms with Gasteiger partial charge in [-0.2, -0.15) is 13.2 Å². The summed E-state index contributed by atoms with van der Waals surface area (Å²) in [6.45, 7) is 0. The molecule has 2 N–H and O–H groups in total. The Balaban J connectivity index is 1.71. The number of amides is 2. The zero-order valence-corrected chi connectivity index (χ0v) is 18.5. The monoisotopic (exact) mass is 496 g/mol. The molecular formula is C22H16ClF3N2O4S. The summed E-state index contributed by atoms with van der Waals surface area (Å²) in [4.78, 5) is 24.8. The number of rotatable bonds is 5. The lowest BCUT2D eigenvalue weighted by Crippen LogP contribution is -2.14. The summed E-state index contributed by atoms with van der Waals surface area (Å²) in [5.74, 6) is -1.24. The second-order valence-corrected chi connectivity index (χ2v) is 9.40. The van der Waals surface area contributed by atoms with Gasteiger partial charge in [-0.15, -0.1) is 0 Å². The quantitative estimate of drug-likeness (QED) is 0.503.